The van der Waals surface area contributed by atoms with Crippen molar-refractivity contribution in [2.75, 3.05) is 11.9 Å². The van der Waals surface area contributed by atoms with Gasteiger partial charge in [0, 0.05) is 12.2 Å². The lowest BCUT2D eigenvalue weighted by atomic mass is 10.2. The maximum Gasteiger partial charge on any atom is 0.319 e. The Balaban J connectivity index is 2.50. The third-order valence-electron chi connectivity index (χ3n) is 1.82. The Hall–Kier alpha value is -2.28. The molecule has 0 heterocycles. The zero-order valence-electron chi connectivity index (χ0n) is 9.08. The highest BCUT2D eigenvalue weighted by Crippen LogP contribution is 2.08. The second-order valence-electron chi connectivity index (χ2n) is 3.45. The molecule has 0 aliphatic heterocycles. The molecule has 1 aromatic carbocycles. The van der Waals surface area contributed by atoms with E-state index in [-0.39, 0.29) is 6.03 Å². The van der Waals surface area contributed by atoms with E-state index in [1.807, 2.05) is 13.0 Å². The zero-order valence-corrected chi connectivity index (χ0v) is 9.08. The Morgan fingerprint density at radius 1 is 1.44 bits per heavy atom. The Bertz CT molecular complexity index is 429. The lowest BCUT2D eigenvalue weighted by Crippen LogP contribution is -2.29. The summed E-state index contributed by atoms with van der Waals surface area (Å²) in [5.74, 6) is 0. The van der Waals surface area contributed by atoms with E-state index in [0.29, 0.717) is 17.8 Å². The van der Waals surface area contributed by atoms with Crippen LogP contribution in [0.1, 0.15) is 12.5 Å². The van der Waals surface area contributed by atoms with Gasteiger partial charge in [-0.15, -0.1) is 0 Å². The largest absolute Gasteiger partial charge is 0.334 e. The van der Waals surface area contributed by atoms with Gasteiger partial charge in [-0.2, -0.15) is 5.26 Å². The smallest absolute Gasteiger partial charge is 0.319 e. The fourth-order valence-electron chi connectivity index (χ4n) is 1.03. The summed E-state index contributed by atoms with van der Waals surface area (Å²) in [6.45, 7) is 5.96. The molecule has 0 saturated heterocycles. The average molecular weight is 215 g/mol. The second kappa shape index (κ2) is 5.56. The number of amides is 2. The van der Waals surface area contributed by atoms with Crippen molar-refractivity contribution in [2.24, 2.45) is 0 Å². The minimum absolute atomic E-state index is 0.285. The fourth-order valence-corrected chi connectivity index (χ4v) is 1.03. The number of anilines is 1. The number of nitriles is 1. The molecule has 0 aliphatic carbocycles. The molecule has 0 aliphatic rings. The van der Waals surface area contributed by atoms with Crippen LogP contribution in [-0.4, -0.2) is 12.6 Å². The first-order valence-electron chi connectivity index (χ1n) is 4.81. The van der Waals surface area contributed by atoms with E-state index in [9.17, 15) is 4.79 Å². The maximum absolute atomic E-state index is 11.3. The van der Waals surface area contributed by atoms with Crippen LogP contribution in [0.2, 0.25) is 0 Å². The second-order valence-corrected chi connectivity index (χ2v) is 3.45. The minimum Gasteiger partial charge on any atom is -0.334 e. The van der Waals surface area contributed by atoms with Crippen molar-refractivity contribution in [3.8, 4) is 6.07 Å². The predicted octanol–water partition coefficient (Wildman–Crippen LogP) is 2.26. The van der Waals surface area contributed by atoms with Crippen LogP contribution in [0.4, 0.5) is 10.5 Å². The first kappa shape index (κ1) is 11.8. The molecule has 0 radical (unpaired) electrons. The van der Waals surface area contributed by atoms with E-state index in [0.717, 1.165) is 5.57 Å². The molecule has 2 N–H and O–H groups in total. The molecule has 0 unspecified atom stereocenters. The quantitative estimate of drug-likeness (QED) is 0.759. The van der Waals surface area contributed by atoms with E-state index in [1.54, 1.807) is 24.3 Å². The highest BCUT2D eigenvalue weighted by atomic mass is 16.2. The lowest BCUT2D eigenvalue weighted by Gasteiger charge is -2.07. The molecule has 0 spiro atoms. The van der Waals surface area contributed by atoms with Gasteiger partial charge in [0.05, 0.1) is 11.6 Å². The molecule has 0 aromatic heterocycles. The monoisotopic (exact) mass is 215 g/mol. The Morgan fingerprint density at radius 2 is 2.06 bits per heavy atom. The summed E-state index contributed by atoms with van der Waals surface area (Å²) in [6.07, 6.45) is 0. The molecule has 82 valence electrons. The van der Waals surface area contributed by atoms with Gasteiger partial charge in [0.2, 0.25) is 0 Å². The number of rotatable bonds is 3. The molecule has 0 fully saturated rings. The van der Waals surface area contributed by atoms with Crippen molar-refractivity contribution in [2.45, 2.75) is 6.92 Å². The van der Waals surface area contributed by atoms with Gasteiger partial charge in [0.1, 0.15) is 0 Å². The molecule has 4 nitrogen and oxygen atoms in total. The molecule has 4 heteroatoms. The van der Waals surface area contributed by atoms with Crippen LogP contribution >= 0.6 is 0 Å². The third kappa shape index (κ3) is 3.84. The van der Waals surface area contributed by atoms with E-state index >= 15 is 0 Å². The zero-order chi connectivity index (χ0) is 12.0. The number of nitrogens with zero attached hydrogens (tertiary/aromatic N) is 1. The van der Waals surface area contributed by atoms with Crippen molar-refractivity contribution < 1.29 is 4.79 Å². The minimum atomic E-state index is -0.285. The van der Waals surface area contributed by atoms with Crippen molar-refractivity contribution >= 4 is 11.7 Å². The third-order valence-corrected chi connectivity index (χ3v) is 1.82. The average Bonchev–Trinajstić information content (AvgIpc) is 2.27. The van der Waals surface area contributed by atoms with Gasteiger partial charge in [-0.25, -0.2) is 4.79 Å². The Kier molecular flexibility index (Phi) is 4.10. The molecule has 0 bridgehead atoms. The predicted molar refractivity (Wildman–Crippen MR) is 63.0 cm³/mol. The summed E-state index contributed by atoms with van der Waals surface area (Å²) in [4.78, 5) is 11.3. The standard InChI is InChI=1S/C12H13N3O/c1-9(2)8-14-12(16)15-11-5-3-10(7-13)4-6-11/h3-6H,1,8H2,2H3,(H2,14,15,16). The molecule has 1 rings (SSSR count). The lowest BCUT2D eigenvalue weighted by molar-refractivity contribution is 0.253. The summed E-state index contributed by atoms with van der Waals surface area (Å²) < 4.78 is 0. The van der Waals surface area contributed by atoms with E-state index in [2.05, 4.69) is 17.2 Å². The molecule has 0 saturated carbocycles. The van der Waals surface area contributed by atoms with Gasteiger partial charge in [-0.05, 0) is 31.2 Å². The van der Waals surface area contributed by atoms with Gasteiger partial charge >= 0.3 is 6.03 Å². The van der Waals surface area contributed by atoms with Crippen molar-refractivity contribution in [3.05, 3.63) is 42.0 Å². The van der Waals surface area contributed by atoms with Crippen molar-refractivity contribution in [3.63, 3.8) is 0 Å². The number of urea groups is 1. The molecule has 0 atom stereocenters. The SMILES string of the molecule is C=C(C)CNC(=O)Nc1ccc(C#N)cc1. The summed E-state index contributed by atoms with van der Waals surface area (Å²) in [5, 5.41) is 13.9. The van der Waals surface area contributed by atoms with Crippen molar-refractivity contribution in [1.29, 1.82) is 5.26 Å². The van der Waals surface area contributed by atoms with Gasteiger partial charge < -0.3 is 10.6 Å². The molecule has 16 heavy (non-hydrogen) atoms. The Labute approximate surface area is 94.6 Å². The van der Waals surface area contributed by atoms with Crippen LogP contribution in [0, 0.1) is 11.3 Å². The van der Waals surface area contributed by atoms with Crippen molar-refractivity contribution in [1.82, 2.24) is 5.32 Å². The highest BCUT2D eigenvalue weighted by Gasteiger charge is 2.00. The van der Waals surface area contributed by atoms with Gasteiger partial charge in [0.15, 0.2) is 0 Å². The maximum atomic E-state index is 11.3. The highest BCUT2D eigenvalue weighted by molar-refractivity contribution is 5.89. The first-order valence-corrected chi connectivity index (χ1v) is 4.81. The fraction of sp³-hybridized carbons (Fsp3) is 0.167. The van der Waals surface area contributed by atoms with Crippen LogP contribution in [0.3, 0.4) is 0 Å². The summed E-state index contributed by atoms with van der Waals surface area (Å²) >= 11 is 0. The Morgan fingerprint density at radius 3 is 2.56 bits per heavy atom. The van der Waals surface area contributed by atoms with Crippen LogP contribution < -0.4 is 10.6 Å². The van der Waals surface area contributed by atoms with Crippen LogP contribution in [0.15, 0.2) is 36.4 Å². The van der Waals surface area contributed by atoms with Gasteiger partial charge in [-0.1, -0.05) is 12.2 Å². The van der Waals surface area contributed by atoms with Gasteiger partial charge in [-0.3, -0.25) is 0 Å². The first-order chi connectivity index (χ1) is 7.61. The van der Waals surface area contributed by atoms with E-state index in [4.69, 9.17) is 5.26 Å². The number of hydrogen-bond acceptors (Lipinski definition) is 2. The molecular weight excluding hydrogens is 202 g/mol. The van der Waals surface area contributed by atoms with Crippen LogP contribution in [0.25, 0.3) is 0 Å². The molecular formula is C12H13N3O. The number of benzene rings is 1. The van der Waals surface area contributed by atoms with E-state index < -0.39 is 0 Å². The normalized spacial score (nSPS) is 9.00. The number of carbonyl (C=O) groups excluding carboxylic acids is 1. The number of hydrogen-bond donors (Lipinski definition) is 2. The number of nitrogens with one attached hydrogen (secondary N) is 2. The summed E-state index contributed by atoms with van der Waals surface area (Å²) in [5.41, 5.74) is 2.10. The van der Waals surface area contributed by atoms with Crippen LogP contribution in [0.5, 0.6) is 0 Å². The summed E-state index contributed by atoms with van der Waals surface area (Å²) in [7, 11) is 0. The van der Waals surface area contributed by atoms with Gasteiger partial charge in [0.25, 0.3) is 0 Å². The topological polar surface area (TPSA) is 64.9 Å². The molecule has 1 aromatic rings. The van der Waals surface area contributed by atoms with Crippen LogP contribution in [-0.2, 0) is 0 Å². The number of carbonyl (C=O) groups is 1. The molecule has 2 amide bonds. The summed E-state index contributed by atoms with van der Waals surface area (Å²) in [6, 6.07) is 8.38. The van der Waals surface area contributed by atoms with E-state index in [1.165, 1.54) is 0 Å².